The summed E-state index contributed by atoms with van der Waals surface area (Å²) in [5.41, 5.74) is 4.35. The molecule has 0 spiro atoms. The Labute approximate surface area is 152 Å². The van der Waals surface area contributed by atoms with E-state index in [0.29, 0.717) is 18.0 Å². The number of hydrogen-bond acceptors (Lipinski definition) is 2. The van der Waals surface area contributed by atoms with E-state index in [1.165, 1.54) is 49.8 Å². The lowest BCUT2D eigenvalue weighted by atomic mass is 9.94. The summed E-state index contributed by atoms with van der Waals surface area (Å²) in [6, 6.07) is 1.01. The quantitative estimate of drug-likeness (QED) is 0.656. The van der Waals surface area contributed by atoms with Crippen LogP contribution in [0.3, 0.4) is 0 Å². The van der Waals surface area contributed by atoms with Crippen LogP contribution in [0.2, 0.25) is 0 Å². The van der Waals surface area contributed by atoms with Crippen LogP contribution in [0.5, 0.6) is 0 Å². The van der Waals surface area contributed by atoms with Crippen molar-refractivity contribution in [1.82, 2.24) is 4.90 Å². The van der Waals surface area contributed by atoms with Gasteiger partial charge >= 0.3 is 0 Å². The molecular formula is C23H31NO. The van der Waals surface area contributed by atoms with Crippen LogP contribution in [-0.4, -0.2) is 30.2 Å². The van der Waals surface area contributed by atoms with Gasteiger partial charge in [-0.15, -0.1) is 0 Å². The molecule has 2 heterocycles. The molecule has 0 aromatic rings. The number of allylic oxidation sites excluding steroid dienone is 6. The molecule has 0 amide bonds. The van der Waals surface area contributed by atoms with Gasteiger partial charge in [0, 0.05) is 30.9 Å². The molecule has 25 heavy (non-hydrogen) atoms. The van der Waals surface area contributed by atoms with Gasteiger partial charge in [0.15, 0.2) is 0 Å². The lowest BCUT2D eigenvalue weighted by Gasteiger charge is -2.33. The average Bonchev–Trinajstić information content (AvgIpc) is 3.17. The molecule has 2 saturated heterocycles. The number of nitrogens with zero attached hydrogens (tertiary/aromatic N) is 1. The topological polar surface area (TPSA) is 12.5 Å². The minimum absolute atomic E-state index is 0.441. The van der Waals surface area contributed by atoms with Crippen LogP contribution in [0.15, 0.2) is 59.9 Å². The fourth-order valence-corrected chi connectivity index (χ4v) is 4.90. The molecule has 4 aliphatic rings. The summed E-state index contributed by atoms with van der Waals surface area (Å²) in [6.07, 6.45) is 21.4. The molecule has 2 aliphatic carbocycles. The van der Waals surface area contributed by atoms with Crippen molar-refractivity contribution in [2.45, 2.75) is 57.5 Å². The van der Waals surface area contributed by atoms with Gasteiger partial charge in [-0.05, 0) is 62.5 Å². The highest BCUT2D eigenvalue weighted by molar-refractivity contribution is 5.49. The maximum atomic E-state index is 5.46. The van der Waals surface area contributed by atoms with Gasteiger partial charge in [0.25, 0.3) is 0 Å². The van der Waals surface area contributed by atoms with Crippen molar-refractivity contribution >= 4 is 0 Å². The molecule has 3 atom stereocenters. The van der Waals surface area contributed by atoms with Gasteiger partial charge in [0.05, 0.1) is 6.04 Å². The maximum Gasteiger partial charge on any atom is 0.0698 e. The van der Waals surface area contributed by atoms with Crippen molar-refractivity contribution in [2.24, 2.45) is 11.8 Å². The number of rotatable bonds is 4. The molecule has 0 bridgehead atoms. The molecule has 0 aromatic carbocycles. The van der Waals surface area contributed by atoms with E-state index in [1.807, 2.05) is 0 Å². The molecule has 134 valence electrons. The van der Waals surface area contributed by atoms with E-state index in [0.717, 1.165) is 19.1 Å². The summed E-state index contributed by atoms with van der Waals surface area (Å²) in [4.78, 5) is 2.58. The molecule has 4 rings (SSSR count). The predicted molar refractivity (Wildman–Crippen MR) is 104 cm³/mol. The maximum absolute atomic E-state index is 5.46. The highest BCUT2D eigenvalue weighted by Crippen LogP contribution is 2.41. The van der Waals surface area contributed by atoms with Crippen molar-refractivity contribution < 1.29 is 4.74 Å². The first kappa shape index (κ1) is 16.9. The Morgan fingerprint density at radius 3 is 2.96 bits per heavy atom. The Bertz CT molecular complexity index is 632. The number of hydrogen-bond donors (Lipinski definition) is 0. The molecular weight excluding hydrogens is 306 g/mol. The Kier molecular flexibility index (Phi) is 4.98. The van der Waals surface area contributed by atoms with Gasteiger partial charge < -0.3 is 9.64 Å². The van der Waals surface area contributed by atoms with Gasteiger partial charge in [0.2, 0.25) is 0 Å². The minimum atomic E-state index is 0.441. The third-order valence-electron chi connectivity index (χ3n) is 6.37. The summed E-state index contributed by atoms with van der Waals surface area (Å²) >= 11 is 0. The standard InChI is InChI=1S/C23H31NO/c1-17-16-21(8-5-6-19-12-14-25-15-13-19)18(2)24(17)23-11-10-20-7-3-4-9-22(20)23/h3,5,7-8,10-11,17,19,21,23H,2,4,6,9,12-16H2,1H3/b8-5+/t17?,21-,23?/m1/s1. The second kappa shape index (κ2) is 7.37. The van der Waals surface area contributed by atoms with Gasteiger partial charge in [-0.1, -0.05) is 43.0 Å². The highest BCUT2D eigenvalue weighted by atomic mass is 16.5. The monoisotopic (exact) mass is 337 g/mol. The normalized spacial score (nSPS) is 33.1. The van der Waals surface area contributed by atoms with E-state index in [-0.39, 0.29) is 0 Å². The molecule has 0 radical (unpaired) electrons. The number of ether oxygens (including phenoxy) is 1. The Hall–Kier alpha value is -1.54. The fourth-order valence-electron chi connectivity index (χ4n) is 4.90. The van der Waals surface area contributed by atoms with E-state index in [1.54, 1.807) is 5.57 Å². The van der Waals surface area contributed by atoms with Gasteiger partial charge in [-0.25, -0.2) is 0 Å². The SMILES string of the molecule is C=C1[C@H](/C=C/CC2CCOCC2)CC(C)N1C1C=CC2=C1CCC=C2. The molecule has 2 fully saturated rings. The third kappa shape index (κ3) is 3.42. The van der Waals surface area contributed by atoms with Crippen LogP contribution in [0.1, 0.15) is 45.4 Å². The van der Waals surface area contributed by atoms with Crippen LogP contribution in [-0.2, 0) is 4.74 Å². The van der Waals surface area contributed by atoms with Crippen LogP contribution in [0.4, 0.5) is 0 Å². The largest absolute Gasteiger partial charge is 0.381 e. The van der Waals surface area contributed by atoms with Crippen LogP contribution in [0.25, 0.3) is 0 Å². The minimum Gasteiger partial charge on any atom is -0.381 e. The van der Waals surface area contributed by atoms with Crippen LogP contribution >= 0.6 is 0 Å². The van der Waals surface area contributed by atoms with Crippen molar-refractivity contribution in [3.63, 3.8) is 0 Å². The molecule has 2 aliphatic heterocycles. The van der Waals surface area contributed by atoms with Crippen molar-refractivity contribution in [1.29, 1.82) is 0 Å². The smallest absolute Gasteiger partial charge is 0.0698 e. The summed E-state index contributed by atoms with van der Waals surface area (Å²) in [5, 5.41) is 0. The van der Waals surface area contributed by atoms with Crippen molar-refractivity contribution in [2.75, 3.05) is 13.2 Å². The van der Waals surface area contributed by atoms with Gasteiger partial charge in [-0.3, -0.25) is 0 Å². The molecule has 0 aromatic heterocycles. The molecule has 2 heteroatoms. The predicted octanol–water partition coefficient (Wildman–Crippen LogP) is 5.17. The molecule has 0 saturated carbocycles. The Morgan fingerprint density at radius 2 is 2.12 bits per heavy atom. The first-order chi connectivity index (χ1) is 12.2. The number of likely N-dealkylation sites (tertiary alicyclic amines) is 1. The third-order valence-corrected chi connectivity index (χ3v) is 6.37. The van der Waals surface area contributed by atoms with Crippen LogP contribution in [0, 0.1) is 11.8 Å². The zero-order valence-corrected chi connectivity index (χ0v) is 15.5. The highest BCUT2D eigenvalue weighted by Gasteiger charge is 2.37. The van der Waals surface area contributed by atoms with Gasteiger partial charge in [-0.2, -0.15) is 0 Å². The van der Waals surface area contributed by atoms with E-state index in [2.05, 4.69) is 54.9 Å². The molecule has 2 nitrogen and oxygen atoms in total. The first-order valence-corrected chi connectivity index (χ1v) is 10.0. The lowest BCUT2D eigenvalue weighted by molar-refractivity contribution is 0.0672. The molecule has 2 unspecified atom stereocenters. The van der Waals surface area contributed by atoms with Crippen molar-refractivity contribution in [3.8, 4) is 0 Å². The average molecular weight is 338 g/mol. The first-order valence-electron chi connectivity index (χ1n) is 10.0. The summed E-state index contributed by atoms with van der Waals surface area (Å²) in [6.45, 7) is 8.75. The summed E-state index contributed by atoms with van der Waals surface area (Å²) in [5.74, 6) is 1.32. The zero-order valence-electron chi connectivity index (χ0n) is 15.5. The second-order valence-corrected chi connectivity index (χ2v) is 8.04. The Morgan fingerprint density at radius 1 is 1.28 bits per heavy atom. The summed E-state index contributed by atoms with van der Waals surface area (Å²) in [7, 11) is 0. The van der Waals surface area contributed by atoms with Gasteiger partial charge in [0.1, 0.15) is 0 Å². The van der Waals surface area contributed by atoms with E-state index in [4.69, 9.17) is 4.74 Å². The Balaban J connectivity index is 1.40. The van der Waals surface area contributed by atoms with E-state index >= 15 is 0 Å². The van der Waals surface area contributed by atoms with E-state index < -0.39 is 0 Å². The fraction of sp³-hybridized carbons (Fsp3) is 0.565. The lowest BCUT2D eigenvalue weighted by Crippen LogP contribution is -2.36. The zero-order chi connectivity index (χ0) is 17.2. The second-order valence-electron chi connectivity index (χ2n) is 8.04. The van der Waals surface area contributed by atoms with Crippen LogP contribution < -0.4 is 0 Å². The van der Waals surface area contributed by atoms with E-state index in [9.17, 15) is 0 Å². The molecule has 0 N–H and O–H groups in total. The van der Waals surface area contributed by atoms with Crippen molar-refractivity contribution in [3.05, 3.63) is 59.9 Å². The summed E-state index contributed by atoms with van der Waals surface area (Å²) < 4.78 is 5.46.